The van der Waals surface area contributed by atoms with Crippen molar-refractivity contribution in [3.05, 3.63) is 71.9 Å². The van der Waals surface area contributed by atoms with Crippen LogP contribution in [0, 0.1) is 12.8 Å². The van der Waals surface area contributed by atoms with E-state index >= 15 is 0 Å². The predicted molar refractivity (Wildman–Crippen MR) is 140 cm³/mol. The molecule has 1 atom stereocenters. The molecule has 4 rings (SSSR count). The number of ether oxygens (including phenoxy) is 1. The number of benzene rings is 2. The lowest BCUT2D eigenvalue weighted by atomic mass is 9.97. The van der Waals surface area contributed by atoms with Crippen molar-refractivity contribution < 1.29 is 32.6 Å². The molecule has 1 aliphatic rings. The number of carboxylic acids is 1. The van der Waals surface area contributed by atoms with Gasteiger partial charge in [0.15, 0.2) is 0 Å². The number of hydrogen-bond donors (Lipinski definition) is 3. The number of anilines is 3. The SMILES string of the molecule is COc1ccc(Nc2nccc(N3CCC[C@H](C(=O)NCc4ccc(C)cc4)C3)n2)cc1.O=C(O)C(F)(F)F. The van der Waals surface area contributed by atoms with Crippen molar-refractivity contribution in [2.45, 2.75) is 32.5 Å². The van der Waals surface area contributed by atoms with E-state index in [1.165, 1.54) is 5.56 Å². The summed E-state index contributed by atoms with van der Waals surface area (Å²) in [6, 6.07) is 17.8. The molecule has 0 aliphatic carbocycles. The van der Waals surface area contributed by atoms with Crippen molar-refractivity contribution in [2.24, 2.45) is 5.92 Å². The van der Waals surface area contributed by atoms with Gasteiger partial charge in [0.05, 0.1) is 13.0 Å². The number of nitrogens with one attached hydrogen (secondary N) is 2. The Morgan fingerprint density at radius 3 is 2.38 bits per heavy atom. The van der Waals surface area contributed by atoms with Gasteiger partial charge in [-0.3, -0.25) is 4.79 Å². The number of methoxy groups -OCH3 is 1. The number of carbonyl (C=O) groups is 2. The van der Waals surface area contributed by atoms with Crippen LogP contribution < -0.4 is 20.3 Å². The number of rotatable bonds is 7. The van der Waals surface area contributed by atoms with Crippen LogP contribution in [0.15, 0.2) is 60.8 Å². The molecule has 1 fully saturated rings. The number of halogens is 3. The van der Waals surface area contributed by atoms with Crippen LogP contribution in [-0.2, 0) is 16.1 Å². The van der Waals surface area contributed by atoms with E-state index in [-0.39, 0.29) is 11.8 Å². The molecule has 208 valence electrons. The summed E-state index contributed by atoms with van der Waals surface area (Å²) in [6.07, 6.45) is -1.50. The molecule has 2 heterocycles. The van der Waals surface area contributed by atoms with E-state index in [0.29, 0.717) is 19.0 Å². The van der Waals surface area contributed by atoms with E-state index in [0.717, 1.165) is 42.2 Å². The molecular formula is C27H30F3N5O4. The number of carbonyl (C=O) groups excluding carboxylic acids is 1. The number of carboxylic acid groups (broad SMARTS) is 1. The topological polar surface area (TPSA) is 117 Å². The highest BCUT2D eigenvalue weighted by atomic mass is 19.4. The van der Waals surface area contributed by atoms with Crippen LogP contribution in [0.25, 0.3) is 0 Å². The van der Waals surface area contributed by atoms with Crippen LogP contribution in [0.4, 0.5) is 30.6 Å². The van der Waals surface area contributed by atoms with E-state index in [2.05, 4.69) is 56.7 Å². The summed E-state index contributed by atoms with van der Waals surface area (Å²) in [4.78, 5) is 32.9. The van der Waals surface area contributed by atoms with Crippen molar-refractivity contribution >= 4 is 29.3 Å². The fourth-order valence-corrected chi connectivity index (χ4v) is 3.83. The molecule has 39 heavy (non-hydrogen) atoms. The van der Waals surface area contributed by atoms with Crippen LogP contribution >= 0.6 is 0 Å². The molecule has 0 spiro atoms. The minimum atomic E-state index is -5.08. The molecule has 0 bridgehead atoms. The summed E-state index contributed by atoms with van der Waals surface area (Å²) in [6.45, 7) is 4.14. The van der Waals surface area contributed by atoms with Crippen molar-refractivity contribution in [1.29, 1.82) is 0 Å². The molecule has 3 N–H and O–H groups in total. The first kappa shape index (κ1) is 29.2. The third-order valence-electron chi connectivity index (χ3n) is 5.93. The fourth-order valence-electron chi connectivity index (χ4n) is 3.83. The van der Waals surface area contributed by atoms with Gasteiger partial charge >= 0.3 is 12.1 Å². The molecule has 1 amide bonds. The summed E-state index contributed by atoms with van der Waals surface area (Å²) >= 11 is 0. The van der Waals surface area contributed by atoms with Crippen molar-refractivity contribution in [3.8, 4) is 5.75 Å². The number of amides is 1. The normalized spacial score (nSPS) is 15.0. The van der Waals surface area contributed by atoms with E-state index in [1.807, 2.05) is 30.3 Å². The Bertz CT molecular complexity index is 1240. The number of aromatic nitrogens is 2. The number of nitrogens with zero attached hydrogens (tertiary/aromatic N) is 3. The highest BCUT2D eigenvalue weighted by Crippen LogP contribution is 2.24. The van der Waals surface area contributed by atoms with Gasteiger partial charge < -0.3 is 25.4 Å². The van der Waals surface area contributed by atoms with Gasteiger partial charge in [-0.05, 0) is 55.7 Å². The van der Waals surface area contributed by atoms with Crippen molar-refractivity contribution in [1.82, 2.24) is 15.3 Å². The minimum Gasteiger partial charge on any atom is -0.497 e. The minimum absolute atomic E-state index is 0.0536. The van der Waals surface area contributed by atoms with E-state index in [9.17, 15) is 18.0 Å². The van der Waals surface area contributed by atoms with E-state index in [4.69, 9.17) is 14.6 Å². The molecule has 0 unspecified atom stereocenters. The van der Waals surface area contributed by atoms with Crippen LogP contribution in [0.1, 0.15) is 24.0 Å². The average Bonchev–Trinajstić information content (AvgIpc) is 2.93. The van der Waals surface area contributed by atoms with Gasteiger partial charge in [0.1, 0.15) is 11.6 Å². The predicted octanol–water partition coefficient (Wildman–Crippen LogP) is 4.70. The second kappa shape index (κ2) is 13.4. The maximum atomic E-state index is 12.8. The summed E-state index contributed by atoms with van der Waals surface area (Å²) in [5, 5.41) is 13.4. The molecule has 1 aliphatic heterocycles. The zero-order valence-corrected chi connectivity index (χ0v) is 21.5. The van der Waals surface area contributed by atoms with Gasteiger partial charge in [0.25, 0.3) is 0 Å². The van der Waals surface area contributed by atoms with Gasteiger partial charge in [-0.1, -0.05) is 29.8 Å². The molecule has 1 saturated heterocycles. The van der Waals surface area contributed by atoms with Crippen molar-refractivity contribution in [2.75, 3.05) is 30.4 Å². The lowest BCUT2D eigenvalue weighted by Gasteiger charge is -2.33. The largest absolute Gasteiger partial charge is 0.497 e. The molecule has 9 nitrogen and oxygen atoms in total. The van der Waals surface area contributed by atoms with Gasteiger partial charge in [0.2, 0.25) is 11.9 Å². The van der Waals surface area contributed by atoms with Crippen LogP contribution in [0.2, 0.25) is 0 Å². The van der Waals surface area contributed by atoms with Gasteiger partial charge in [-0.2, -0.15) is 18.2 Å². The second-order valence-corrected chi connectivity index (χ2v) is 8.88. The zero-order chi connectivity index (χ0) is 28.4. The lowest BCUT2D eigenvalue weighted by molar-refractivity contribution is -0.192. The smallest absolute Gasteiger partial charge is 0.490 e. The van der Waals surface area contributed by atoms with Crippen molar-refractivity contribution in [3.63, 3.8) is 0 Å². The Kier molecular flexibility index (Phi) is 10.1. The third-order valence-corrected chi connectivity index (χ3v) is 5.93. The van der Waals surface area contributed by atoms with E-state index in [1.54, 1.807) is 13.3 Å². The Hall–Kier alpha value is -4.35. The highest BCUT2D eigenvalue weighted by Gasteiger charge is 2.38. The molecule has 12 heteroatoms. The first-order valence-electron chi connectivity index (χ1n) is 12.2. The first-order valence-corrected chi connectivity index (χ1v) is 12.2. The fraction of sp³-hybridized carbons (Fsp3) is 0.333. The second-order valence-electron chi connectivity index (χ2n) is 8.88. The average molecular weight is 546 g/mol. The Morgan fingerprint density at radius 2 is 1.77 bits per heavy atom. The van der Waals surface area contributed by atoms with Crippen LogP contribution in [-0.4, -0.2) is 53.3 Å². The Labute approximate surface area is 224 Å². The monoisotopic (exact) mass is 545 g/mol. The molecule has 2 aromatic carbocycles. The lowest BCUT2D eigenvalue weighted by Crippen LogP contribution is -2.43. The quantitative estimate of drug-likeness (QED) is 0.391. The zero-order valence-electron chi connectivity index (χ0n) is 21.5. The molecular weight excluding hydrogens is 515 g/mol. The van der Waals surface area contributed by atoms with Gasteiger partial charge in [-0.15, -0.1) is 0 Å². The number of aliphatic carboxylic acids is 1. The van der Waals surface area contributed by atoms with Crippen LogP contribution in [0.3, 0.4) is 0 Å². The number of alkyl halides is 3. The number of aryl methyl sites for hydroxylation is 1. The molecule has 0 radical (unpaired) electrons. The summed E-state index contributed by atoms with van der Waals surface area (Å²) in [7, 11) is 1.64. The number of hydrogen-bond acceptors (Lipinski definition) is 7. The summed E-state index contributed by atoms with van der Waals surface area (Å²) < 4.78 is 36.9. The highest BCUT2D eigenvalue weighted by molar-refractivity contribution is 5.79. The first-order chi connectivity index (χ1) is 18.5. The molecule has 3 aromatic rings. The Balaban J connectivity index is 0.000000532. The van der Waals surface area contributed by atoms with Crippen LogP contribution in [0.5, 0.6) is 5.75 Å². The number of piperidine rings is 1. The third kappa shape index (κ3) is 9.16. The maximum Gasteiger partial charge on any atom is 0.490 e. The van der Waals surface area contributed by atoms with Gasteiger partial charge in [0, 0.05) is 31.5 Å². The molecule has 0 saturated carbocycles. The maximum absolute atomic E-state index is 12.8. The summed E-state index contributed by atoms with van der Waals surface area (Å²) in [5.41, 5.74) is 3.21. The molecule has 1 aromatic heterocycles. The van der Waals surface area contributed by atoms with Gasteiger partial charge in [-0.25, -0.2) is 9.78 Å². The van der Waals surface area contributed by atoms with E-state index < -0.39 is 12.1 Å². The Morgan fingerprint density at radius 1 is 1.10 bits per heavy atom. The summed E-state index contributed by atoms with van der Waals surface area (Å²) in [5.74, 6) is -0.563. The standard InChI is InChI=1S/C25H29N5O2.C2HF3O2/c1-18-5-7-19(8-6-18)16-27-24(31)20-4-3-15-30(17-20)23-13-14-26-25(29-23)28-21-9-11-22(32-2)12-10-21;3-2(4,5)1(6)7/h5-14,20H,3-4,15-17H2,1-2H3,(H,27,31)(H,26,28,29);(H,6,7)/t20-;/m0./s1.